The van der Waals surface area contributed by atoms with Gasteiger partial charge in [-0.2, -0.15) is 0 Å². The van der Waals surface area contributed by atoms with E-state index in [1.807, 2.05) is 24.3 Å². The van der Waals surface area contributed by atoms with Crippen LogP contribution in [0, 0.1) is 6.92 Å². The second-order valence-electron chi connectivity index (χ2n) is 5.72. The lowest BCUT2D eigenvalue weighted by molar-refractivity contribution is -0.139. The van der Waals surface area contributed by atoms with Crippen molar-refractivity contribution in [1.29, 1.82) is 0 Å². The number of cyclic esters (lactones) is 1. The predicted octanol–water partition coefficient (Wildman–Crippen LogP) is 2.08. The molecule has 2 aromatic carbocycles. The predicted molar refractivity (Wildman–Crippen MR) is 95.5 cm³/mol. The summed E-state index contributed by atoms with van der Waals surface area (Å²) in [7, 11) is 0. The fraction of sp³-hybridized carbons (Fsp3) is 0.211. The number of hydrazine groups is 1. The molecule has 0 spiro atoms. The van der Waals surface area contributed by atoms with E-state index in [-0.39, 0.29) is 0 Å². The molecular formula is C19H21N3O4. The zero-order valence-electron chi connectivity index (χ0n) is 14.6. The van der Waals surface area contributed by atoms with Crippen LogP contribution in [0.5, 0.6) is 0 Å². The fourth-order valence-corrected chi connectivity index (χ4v) is 2.43. The normalized spacial score (nSPS) is 17.0. The second-order valence-corrected chi connectivity index (χ2v) is 5.72. The molecule has 0 aromatic heterocycles. The lowest BCUT2D eigenvalue weighted by Crippen LogP contribution is -2.44. The van der Waals surface area contributed by atoms with Gasteiger partial charge in [-0.3, -0.25) is 15.0 Å². The Morgan fingerprint density at radius 3 is 2.08 bits per heavy atom. The van der Waals surface area contributed by atoms with Crippen LogP contribution in [0.4, 0.5) is 4.79 Å². The molecule has 1 aliphatic heterocycles. The number of carbonyl (C=O) groups is 3. The molecular weight excluding hydrogens is 334 g/mol. The van der Waals surface area contributed by atoms with Gasteiger partial charge in [0.25, 0.3) is 17.9 Å². The number of nitrogens with two attached hydrogens (primary N) is 1. The molecule has 2 atom stereocenters. The maximum Gasteiger partial charge on any atom is 0.418 e. The van der Waals surface area contributed by atoms with Gasteiger partial charge in [-0.15, -0.1) is 0 Å². The number of nitrogens with zero attached hydrogens (tertiary/aromatic N) is 1. The Bertz CT molecular complexity index is 765. The molecule has 136 valence electrons. The summed E-state index contributed by atoms with van der Waals surface area (Å²) < 4.78 is 4.73. The Kier molecular flexibility index (Phi) is 6.46. The van der Waals surface area contributed by atoms with Crippen molar-refractivity contribution >= 4 is 17.9 Å². The topological polar surface area (TPSA) is 102 Å². The first-order valence-electron chi connectivity index (χ1n) is 8.06. The second kappa shape index (κ2) is 8.77. The smallest absolute Gasteiger partial charge is 0.418 e. The maximum absolute atomic E-state index is 12.0. The van der Waals surface area contributed by atoms with E-state index in [0.29, 0.717) is 0 Å². The molecule has 0 aliphatic carbocycles. The van der Waals surface area contributed by atoms with E-state index >= 15 is 0 Å². The summed E-state index contributed by atoms with van der Waals surface area (Å²) in [4.78, 5) is 35.9. The van der Waals surface area contributed by atoms with Crippen LogP contribution in [0.1, 0.15) is 24.1 Å². The van der Waals surface area contributed by atoms with Gasteiger partial charge >= 0.3 is 6.09 Å². The van der Waals surface area contributed by atoms with Crippen LogP contribution < -0.4 is 11.3 Å². The van der Waals surface area contributed by atoms with E-state index in [4.69, 9.17) is 10.6 Å². The van der Waals surface area contributed by atoms with E-state index in [1.165, 1.54) is 5.56 Å². The third-order valence-electron chi connectivity index (χ3n) is 3.87. The highest BCUT2D eigenvalue weighted by atomic mass is 16.6. The molecule has 2 aromatic rings. The van der Waals surface area contributed by atoms with Gasteiger partial charge < -0.3 is 4.74 Å². The number of hydrogen-bond donors (Lipinski definition) is 2. The van der Waals surface area contributed by atoms with Crippen LogP contribution in [0.2, 0.25) is 0 Å². The Morgan fingerprint density at radius 2 is 1.62 bits per heavy atom. The number of benzene rings is 2. The van der Waals surface area contributed by atoms with Crippen molar-refractivity contribution in [3.63, 3.8) is 0 Å². The minimum atomic E-state index is -1.51. The van der Waals surface area contributed by atoms with Crippen LogP contribution in [-0.2, 0) is 14.3 Å². The molecule has 3 amide bonds. The summed E-state index contributed by atoms with van der Waals surface area (Å²) in [6.07, 6.45) is -2.36. The number of hydrogen-bond acceptors (Lipinski definition) is 5. The lowest BCUT2D eigenvalue weighted by Gasteiger charge is -2.20. The molecule has 7 nitrogen and oxygen atoms in total. The SMILES string of the molecule is CC(c1ccccc1)N1C(=O)OC(C(=O)NN)C1=O.Cc1ccccc1. The van der Waals surface area contributed by atoms with Gasteiger partial charge in [0.1, 0.15) is 0 Å². The zero-order chi connectivity index (χ0) is 19.1. The molecule has 7 heteroatoms. The maximum atomic E-state index is 12.0. The highest BCUT2D eigenvalue weighted by Crippen LogP contribution is 2.26. The number of rotatable bonds is 3. The van der Waals surface area contributed by atoms with Crippen LogP contribution in [0.25, 0.3) is 0 Å². The summed E-state index contributed by atoms with van der Waals surface area (Å²) in [6.45, 7) is 3.76. The molecule has 2 unspecified atom stereocenters. The number of amides is 3. The number of aryl methyl sites for hydroxylation is 1. The first-order chi connectivity index (χ1) is 12.5. The molecule has 0 radical (unpaired) electrons. The third kappa shape index (κ3) is 4.46. The van der Waals surface area contributed by atoms with E-state index in [2.05, 4.69) is 19.1 Å². The van der Waals surface area contributed by atoms with Gasteiger partial charge in [0, 0.05) is 0 Å². The van der Waals surface area contributed by atoms with Crippen molar-refractivity contribution in [2.75, 3.05) is 0 Å². The number of ether oxygens (including phenoxy) is 1. The highest BCUT2D eigenvalue weighted by Gasteiger charge is 2.47. The van der Waals surface area contributed by atoms with Crippen LogP contribution in [-0.4, -0.2) is 28.9 Å². The van der Waals surface area contributed by atoms with Gasteiger partial charge in [0.05, 0.1) is 6.04 Å². The van der Waals surface area contributed by atoms with E-state index < -0.39 is 30.1 Å². The van der Waals surface area contributed by atoms with E-state index in [0.717, 1.165) is 10.5 Å². The Labute approximate surface area is 151 Å². The summed E-state index contributed by atoms with van der Waals surface area (Å²) in [5, 5.41) is 0. The molecule has 3 rings (SSSR count). The van der Waals surface area contributed by atoms with Crippen molar-refractivity contribution in [2.24, 2.45) is 5.84 Å². The molecule has 1 fully saturated rings. The summed E-state index contributed by atoms with van der Waals surface area (Å²) in [5.41, 5.74) is 3.88. The van der Waals surface area contributed by atoms with E-state index in [9.17, 15) is 14.4 Å². The molecule has 0 bridgehead atoms. The molecule has 1 heterocycles. The minimum Gasteiger partial charge on any atom is -0.425 e. The summed E-state index contributed by atoms with van der Waals surface area (Å²) >= 11 is 0. The average molecular weight is 355 g/mol. The van der Waals surface area contributed by atoms with Gasteiger partial charge in [-0.1, -0.05) is 66.2 Å². The molecule has 3 N–H and O–H groups in total. The van der Waals surface area contributed by atoms with E-state index in [1.54, 1.807) is 36.6 Å². The molecule has 1 aliphatic rings. The van der Waals surface area contributed by atoms with Gasteiger partial charge in [-0.05, 0) is 19.4 Å². The van der Waals surface area contributed by atoms with Gasteiger partial charge in [0.15, 0.2) is 0 Å². The quantitative estimate of drug-likeness (QED) is 0.380. The number of carbonyl (C=O) groups excluding carboxylic acids is 3. The van der Waals surface area contributed by atoms with Crippen molar-refractivity contribution in [1.82, 2.24) is 10.3 Å². The van der Waals surface area contributed by atoms with Crippen LogP contribution in [0.15, 0.2) is 60.7 Å². The number of imide groups is 1. The molecule has 0 saturated carbocycles. The molecule has 26 heavy (non-hydrogen) atoms. The average Bonchev–Trinajstić information content (AvgIpc) is 2.96. The third-order valence-corrected chi connectivity index (χ3v) is 3.87. The van der Waals surface area contributed by atoms with Crippen molar-refractivity contribution in [3.8, 4) is 0 Å². The summed E-state index contributed by atoms with van der Waals surface area (Å²) in [6, 6.07) is 18.7. The fourth-order valence-electron chi connectivity index (χ4n) is 2.43. The van der Waals surface area contributed by atoms with Gasteiger partial charge in [-0.25, -0.2) is 15.5 Å². The van der Waals surface area contributed by atoms with Crippen molar-refractivity contribution in [3.05, 3.63) is 71.8 Å². The standard InChI is InChI=1S/C12H13N3O4.C7H8/c1-7(8-5-3-2-4-6-8)15-11(17)9(10(16)14-13)19-12(15)18;1-7-5-3-2-4-6-7/h2-7,9H,13H2,1H3,(H,14,16);2-6H,1H3. The highest BCUT2D eigenvalue weighted by molar-refractivity contribution is 6.12. The Morgan fingerprint density at radius 1 is 1.08 bits per heavy atom. The zero-order valence-corrected chi connectivity index (χ0v) is 14.6. The Balaban J connectivity index is 0.000000290. The first kappa shape index (κ1) is 19.1. The van der Waals surface area contributed by atoms with Crippen LogP contribution in [0.3, 0.4) is 0 Å². The van der Waals surface area contributed by atoms with Crippen LogP contribution >= 0.6 is 0 Å². The van der Waals surface area contributed by atoms with Crippen molar-refractivity contribution in [2.45, 2.75) is 26.0 Å². The van der Waals surface area contributed by atoms with Gasteiger partial charge in [0.2, 0.25) is 0 Å². The molecule has 1 saturated heterocycles. The lowest BCUT2D eigenvalue weighted by atomic mass is 10.1. The minimum absolute atomic E-state index is 0.517. The largest absolute Gasteiger partial charge is 0.425 e. The van der Waals surface area contributed by atoms with Crippen molar-refractivity contribution < 1.29 is 19.1 Å². The number of nitrogens with one attached hydrogen (secondary N) is 1. The first-order valence-corrected chi connectivity index (χ1v) is 8.06. The monoisotopic (exact) mass is 355 g/mol. The summed E-state index contributed by atoms with van der Waals surface area (Å²) in [5.74, 6) is 3.37. The Hall–Kier alpha value is -3.19.